The summed E-state index contributed by atoms with van der Waals surface area (Å²) in [6.45, 7) is 5.95. The number of oxazole rings is 1. The minimum Gasteiger partial charge on any atom is -0.444 e. The van der Waals surface area contributed by atoms with E-state index in [9.17, 15) is 0 Å². The number of unbranched alkanes of at least 4 members (excludes halogenated alkanes) is 1. The molecule has 0 amide bonds. The maximum Gasteiger partial charge on any atom is 0.226 e. The maximum atomic E-state index is 5.57. The highest BCUT2D eigenvalue weighted by molar-refractivity contribution is 14.0. The summed E-state index contributed by atoms with van der Waals surface area (Å²) >= 11 is 0. The van der Waals surface area contributed by atoms with Gasteiger partial charge in [0.1, 0.15) is 6.26 Å². The molecule has 6 heteroatoms. The first-order valence-electron chi connectivity index (χ1n) is 8.19. The summed E-state index contributed by atoms with van der Waals surface area (Å²) in [7, 11) is 1.78. The van der Waals surface area contributed by atoms with Crippen LogP contribution in [0.4, 0.5) is 0 Å². The fourth-order valence-electron chi connectivity index (χ4n) is 2.16. The quantitative estimate of drug-likeness (QED) is 0.297. The van der Waals surface area contributed by atoms with Crippen LogP contribution in [0.2, 0.25) is 0 Å². The third-order valence-corrected chi connectivity index (χ3v) is 3.57. The lowest BCUT2D eigenvalue weighted by Gasteiger charge is -2.10. The molecule has 2 aromatic rings. The summed E-state index contributed by atoms with van der Waals surface area (Å²) in [5.74, 6) is 1.51. The van der Waals surface area contributed by atoms with Crippen LogP contribution in [0.15, 0.2) is 39.9 Å². The number of rotatable bonds is 7. The van der Waals surface area contributed by atoms with Crippen molar-refractivity contribution in [3.63, 3.8) is 0 Å². The highest BCUT2D eigenvalue weighted by Crippen LogP contribution is 2.19. The first-order chi connectivity index (χ1) is 11.2. The number of benzene rings is 1. The molecule has 2 N–H and O–H groups in total. The molecular formula is C18H27IN4O. The Balaban J connectivity index is 0.00000288. The van der Waals surface area contributed by atoms with Crippen molar-refractivity contribution < 1.29 is 4.42 Å². The third-order valence-electron chi connectivity index (χ3n) is 3.57. The Labute approximate surface area is 161 Å². The van der Waals surface area contributed by atoms with E-state index in [1.807, 2.05) is 12.1 Å². The van der Waals surface area contributed by atoms with Crippen molar-refractivity contribution in [1.29, 1.82) is 0 Å². The summed E-state index contributed by atoms with van der Waals surface area (Å²) in [6.07, 6.45) is 4.84. The monoisotopic (exact) mass is 442 g/mol. The van der Waals surface area contributed by atoms with Gasteiger partial charge in [0.2, 0.25) is 5.89 Å². The summed E-state index contributed by atoms with van der Waals surface area (Å²) in [5.41, 5.74) is 3.18. The SMILES string of the molecule is CCCCNC(=NC)NCCc1coc(-c2ccc(C)cc2)n1.I. The zero-order valence-electron chi connectivity index (χ0n) is 14.6. The molecule has 0 radical (unpaired) electrons. The van der Waals surface area contributed by atoms with Gasteiger partial charge in [0.05, 0.1) is 5.69 Å². The van der Waals surface area contributed by atoms with Crippen molar-refractivity contribution >= 4 is 29.9 Å². The Kier molecular flexibility index (Phi) is 9.44. The zero-order valence-corrected chi connectivity index (χ0v) is 17.0. The lowest BCUT2D eigenvalue weighted by atomic mass is 10.1. The van der Waals surface area contributed by atoms with Gasteiger partial charge in [-0.3, -0.25) is 4.99 Å². The van der Waals surface area contributed by atoms with Gasteiger partial charge in [-0.2, -0.15) is 0 Å². The molecular weight excluding hydrogens is 415 g/mol. The number of nitrogens with zero attached hydrogens (tertiary/aromatic N) is 2. The highest BCUT2D eigenvalue weighted by atomic mass is 127. The number of hydrogen-bond acceptors (Lipinski definition) is 3. The standard InChI is InChI=1S/C18H26N4O.HI/c1-4-5-11-20-18(19-3)21-12-10-16-13-23-17(22-16)15-8-6-14(2)7-9-15;/h6-9,13H,4-5,10-12H2,1-3H3,(H2,19,20,21);1H. The van der Waals surface area contributed by atoms with Crippen LogP contribution in [0, 0.1) is 6.92 Å². The molecule has 0 unspecified atom stereocenters. The number of nitrogens with one attached hydrogen (secondary N) is 2. The Hall–Kier alpha value is -1.57. The Morgan fingerprint density at radius 3 is 2.54 bits per heavy atom. The van der Waals surface area contributed by atoms with E-state index >= 15 is 0 Å². The second-order valence-electron chi connectivity index (χ2n) is 5.54. The molecule has 5 nitrogen and oxygen atoms in total. The Morgan fingerprint density at radius 1 is 1.17 bits per heavy atom. The molecule has 1 aromatic heterocycles. The Morgan fingerprint density at radius 2 is 1.88 bits per heavy atom. The third kappa shape index (κ3) is 6.51. The van der Waals surface area contributed by atoms with Crippen molar-refractivity contribution in [2.45, 2.75) is 33.1 Å². The summed E-state index contributed by atoms with van der Waals surface area (Å²) < 4.78 is 5.57. The van der Waals surface area contributed by atoms with E-state index in [1.165, 1.54) is 12.0 Å². The van der Waals surface area contributed by atoms with Crippen molar-refractivity contribution in [1.82, 2.24) is 15.6 Å². The fraction of sp³-hybridized carbons (Fsp3) is 0.444. The second-order valence-corrected chi connectivity index (χ2v) is 5.54. The smallest absolute Gasteiger partial charge is 0.226 e. The minimum absolute atomic E-state index is 0. The molecule has 132 valence electrons. The zero-order chi connectivity index (χ0) is 16.5. The molecule has 2 rings (SSSR count). The minimum atomic E-state index is 0. The predicted octanol–water partition coefficient (Wildman–Crippen LogP) is 3.78. The van der Waals surface area contributed by atoms with E-state index in [2.05, 4.69) is 46.6 Å². The molecule has 0 fully saturated rings. The molecule has 24 heavy (non-hydrogen) atoms. The number of aromatic nitrogens is 1. The molecule has 0 aliphatic carbocycles. The van der Waals surface area contributed by atoms with Crippen molar-refractivity contribution in [3.05, 3.63) is 41.8 Å². The highest BCUT2D eigenvalue weighted by Gasteiger charge is 2.06. The number of halogens is 1. The van der Waals surface area contributed by atoms with E-state index in [0.29, 0.717) is 5.89 Å². The van der Waals surface area contributed by atoms with Crippen LogP contribution >= 0.6 is 24.0 Å². The van der Waals surface area contributed by atoms with Crippen LogP contribution in [0.25, 0.3) is 11.5 Å². The van der Waals surface area contributed by atoms with Gasteiger partial charge in [-0.1, -0.05) is 31.0 Å². The summed E-state index contributed by atoms with van der Waals surface area (Å²) in [6, 6.07) is 8.19. The van der Waals surface area contributed by atoms with Crippen molar-refractivity contribution in [3.8, 4) is 11.5 Å². The second kappa shape index (κ2) is 11.1. The fourth-order valence-corrected chi connectivity index (χ4v) is 2.16. The van der Waals surface area contributed by atoms with Crippen LogP contribution < -0.4 is 10.6 Å². The molecule has 0 saturated carbocycles. The van der Waals surface area contributed by atoms with Gasteiger partial charge in [-0.05, 0) is 25.5 Å². The van der Waals surface area contributed by atoms with Gasteiger partial charge in [0, 0.05) is 32.1 Å². The van der Waals surface area contributed by atoms with E-state index in [0.717, 1.165) is 43.1 Å². The lowest BCUT2D eigenvalue weighted by Crippen LogP contribution is -2.38. The van der Waals surface area contributed by atoms with Crippen LogP contribution in [0.3, 0.4) is 0 Å². The molecule has 1 aromatic carbocycles. The number of aliphatic imine (C=N–C) groups is 1. The van der Waals surface area contributed by atoms with Crippen molar-refractivity contribution in [2.75, 3.05) is 20.1 Å². The number of aryl methyl sites for hydroxylation is 1. The lowest BCUT2D eigenvalue weighted by molar-refractivity contribution is 0.572. The molecule has 0 bridgehead atoms. The van der Waals surface area contributed by atoms with Gasteiger partial charge in [0.25, 0.3) is 0 Å². The molecule has 0 aliphatic heterocycles. The van der Waals surface area contributed by atoms with E-state index in [1.54, 1.807) is 13.3 Å². The first-order valence-corrected chi connectivity index (χ1v) is 8.19. The van der Waals surface area contributed by atoms with Gasteiger partial charge in [-0.15, -0.1) is 24.0 Å². The molecule has 0 aliphatic rings. The van der Waals surface area contributed by atoms with Gasteiger partial charge < -0.3 is 15.1 Å². The Bertz CT molecular complexity index is 622. The predicted molar refractivity (Wildman–Crippen MR) is 110 cm³/mol. The molecule has 1 heterocycles. The van der Waals surface area contributed by atoms with Gasteiger partial charge in [0.15, 0.2) is 5.96 Å². The average molecular weight is 442 g/mol. The number of hydrogen-bond donors (Lipinski definition) is 2. The van der Waals surface area contributed by atoms with Crippen LogP contribution in [-0.4, -0.2) is 31.1 Å². The van der Waals surface area contributed by atoms with E-state index in [4.69, 9.17) is 4.42 Å². The first kappa shape index (κ1) is 20.5. The molecule has 0 atom stereocenters. The molecule has 0 spiro atoms. The normalized spacial score (nSPS) is 11.0. The van der Waals surface area contributed by atoms with Gasteiger partial charge >= 0.3 is 0 Å². The van der Waals surface area contributed by atoms with Crippen LogP contribution in [-0.2, 0) is 6.42 Å². The largest absolute Gasteiger partial charge is 0.444 e. The topological polar surface area (TPSA) is 62.5 Å². The summed E-state index contributed by atoms with van der Waals surface area (Å²) in [5, 5.41) is 6.58. The van der Waals surface area contributed by atoms with E-state index < -0.39 is 0 Å². The summed E-state index contributed by atoms with van der Waals surface area (Å²) in [4.78, 5) is 8.74. The van der Waals surface area contributed by atoms with E-state index in [-0.39, 0.29) is 24.0 Å². The van der Waals surface area contributed by atoms with Crippen molar-refractivity contribution in [2.24, 2.45) is 4.99 Å². The van der Waals surface area contributed by atoms with Crippen LogP contribution in [0.1, 0.15) is 31.0 Å². The number of guanidine groups is 1. The molecule has 0 saturated heterocycles. The van der Waals surface area contributed by atoms with Crippen LogP contribution in [0.5, 0.6) is 0 Å². The maximum absolute atomic E-state index is 5.57. The average Bonchev–Trinajstić information content (AvgIpc) is 3.03. The van der Waals surface area contributed by atoms with Gasteiger partial charge in [-0.25, -0.2) is 4.98 Å².